The minimum atomic E-state index is 0.264. The standard InChI is InChI=1S/C13H20ClNO2/c1-11(2)17-10-9-16-8-7-15-13-6-4-3-5-12(13)14/h3-6,11,15H,7-10H2,1-2H3. The van der Waals surface area contributed by atoms with Crippen molar-refractivity contribution < 1.29 is 9.47 Å². The molecule has 1 rings (SSSR count). The molecule has 0 spiro atoms. The number of rotatable bonds is 8. The lowest BCUT2D eigenvalue weighted by atomic mass is 10.3. The molecule has 0 fully saturated rings. The molecule has 0 amide bonds. The second-order valence-electron chi connectivity index (χ2n) is 3.94. The van der Waals surface area contributed by atoms with Gasteiger partial charge in [-0.05, 0) is 26.0 Å². The lowest BCUT2D eigenvalue weighted by Crippen LogP contribution is -2.14. The molecule has 1 N–H and O–H groups in total. The molecule has 1 aromatic rings. The van der Waals surface area contributed by atoms with Gasteiger partial charge in [0.05, 0.1) is 36.6 Å². The highest BCUT2D eigenvalue weighted by Crippen LogP contribution is 2.19. The summed E-state index contributed by atoms with van der Waals surface area (Å²) in [6, 6.07) is 7.67. The topological polar surface area (TPSA) is 30.5 Å². The third kappa shape index (κ3) is 6.51. The molecule has 4 heteroatoms. The van der Waals surface area contributed by atoms with Gasteiger partial charge in [-0.15, -0.1) is 0 Å². The summed E-state index contributed by atoms with van der Waals surface area (Å²) in [5.74, 6) is 0. The molecule has 0 aliphatic rings. The lowest BCUT2D eigenvalue weighted by Gasteiger charge is -2.10. The van der Waals surface area contributed by atoms with Crippen LogP contribution in [0.5, 0.6) is 0 Å². The largest absolute Gasteiger partial charge is 0.382 e. The molecule has 3 nitrogen and oxygen atoms in total. The number of ether oxygens (including phenoxy) is 2. The van der Waals surface area contributed by atoms with Crippen molar-refractivity contribution in [1.29, 1.82) is 0 Å². The number of hydrogen-bond donors (Lipinski definition) is 1. The number of anilines is 1. The smallest absolute Gasteiger partial charge is 0.0703 e. The van der Waals surface area contributed by atoms with E-state index in [-0.39, 0.29) is 6.10 Å². The molecule has 17 heavy (non-hydrogen) atoms. The summed E-state index contributed by atoms with van der Waals surface area (Å²) in [5, 5.41) is 3.95. The van der Waals surface area contributed by atoms with Crippen LogP contribution >= 0.6 is 11.6 Å². The fourth-order valence-electron chi connectivity index (χ4n) is 1.31. The molecule has 1 aromatic carbocycles. The van der Waals surface area contributed by atoms with Gasteiger partial charge in [0.2, 0.25) is 0 Å². The quantitative estimate of drug-likeness (QED) is 0.726. The Balaban J connectivity index is 2.03. The highest BCUT2D eigenvalue weighted by molar-refractivity contribution is 6.33. The fourth-order valence-corrected chi connectivity index (χ4v) is 1.51. The summed E-state index contributed by atoms with van der Waals surface area (Å²) in [4.78, 5) is 0. The van der Waals surface area contributed by atoms with Gasteiger partial charge in [0.15, 0.2) is 0 Å². The summed E-state index contributed by atoms with van der Waals surface area (Å²) in [6.07, 6.45) is 0.264. The number of benzene rings is 1. The molecule has 0 saturated heterocycles. The first kappa shape index (κ1) is 14.3. The van der Waals surface area contributed by atoms with Crippen LogP contribution in [0.3, 0.4) is 0 Å². The van der Waals surface area contributed by atoms with Gasteiger partial charge in [0.25, 0.3) is 0 Å². The zero-order valence-electron chi connectivity index (χ0n) is 10.4. The van der Waals surface area contributed by atoms with Crippen molar-refractivity contribution in [2.24, 2.45) is 0 Å². The first-order valence-corrected chi connectivity index (χ1v) is 6.25. The summed E-state index contributed by atoms with van der Waals surface area (Å²) < 4.78 is 10.8. The Bertz CT molecular complexity index is 318. The third-order valence-electron chi connectivity index (χ3n) is 2.11. The SMILES string of the molecule is CC(C)OCCOCCNc1ccccc1Cl. The Hall–Kier alpha value is -0.770. The predicted molar refractivity (Wildman–Crippen MR) is 71.8 cm³/mol. The minimum Gasteiger partial charge on any atom is -0.382 e. The summed E-state index contributed by atoms with van der Waals surface area (Å²) >= 11 is 6.00. The van der Waals surface area contributed by atoms with Crippen LogP contribution in [-0.4, -0.2) is 32.5 Å². The molecule has 0 unspecified atom stereocenters. The Morgan fingerprint density at radius 1 is 1.18 bits per heavy atom. The molecule has 0 aromatic heterocycles. The highest BCUT2D eigenvalue weighted by Gasteiger charge is 1.97. The number of nitrogens with one attached hydrogen (secondary N) is 1. The van der Waals surface area contributed by atoms with Gasteiger partial charge in [-0.25, -0.2) is 0 Å². The number of halogens is 1. The molecular formula is C13H20ClNO2. The molecule has 0 heterocycles. The Labute approximate surface area is 108 Å². The van der Waals surface area contributed by atoms with Gasteiger partial charge >= 0.3 is 0 Å². The fraction of sp³-hybridized carbons (Fsp3) is 0.538. The van der Waals surface area contributed by atoms with E-state index < -0.39 is 0 Å². The van der Waals surface area contributed by atoms with Crippen molar-refractivity contribution in [3.63, 3.8) is 0 Å². The van der Waals surface area contributed by atoms with Gasteiger partial charge in [0, 0.05) is 6.54 Å². The van der Waals surface area contributed by atoms with Gasteiger partial charge in [-0.3, -0.25) is 0 Å². The van der Waals surface area contributed by atoms with E-state index in [9.17, 15) is 0 Å². The molecular weight excluding hydrogens is 238 g/mol. The van der Waals surface area contributed by atoms with Crippen molar-refractivity contribution in [2.45, 2.75) is 20.0 Å². The molecule has 0 radical (unpaired) electrons. The molecule has 0 aliphatic heterocycles. The summed E-state index contributed by atoms with van der Waals surface area (Å²) in [5.41, 5.74) is 0.941. The van der Waals surface area contributed by atoms with Crippen LogP contribution in [0.2, 0.25) is 5.02 Å². The van der Waals surface area contributed by atoms with Crippen LogP contribution in [0.25, 0.3) is 0 Å². The monoisotopic (exact) mass is 257 g/mol. The maximum absolute atomic E-state index is 6.00. The first-order valence-electron chi connectivity index (χ1n) is 5.88. The Morgan fingerprint density at radius 3 is 2.65 bits per heavy atom. The first-order chi connectivity index (χ1) is 8.20. The van der Waals surface area contributed by atoms with Crippen LogP contribution in [0.4, 0.5) is 5.69 Å². The van der Waals surface area contributed by atoms with E-state index in [2.05, 4.69) is 5.32 Å². The van der Waals surface area contributed by atoms with Crippen LogP contribution in [0.1, 0.15) is 13.8 Å². The van der Waals surface area contributed by atoms with E-state index in [0.29, 0.717) is 19.8 Å². The van der Waals surface area contributed by atoms with Crippen molar-refractivity contribution in [3.8, 4) is 0 Å². The Kier molecular flexibility index (Phi) is 7.01. The van der Waals surface area contributed by atoms with Crippen LogP contribution in [0.15, 0.2) is 24.3 Å². The molecule has 0 aliphatic carbocycles. The van der Waals surface area contributed by atoms with Gasteiger partial charge in [0.1, 0.15) is 0 Å². The van der Waals surface area contributed by atoms with E-state index in [4.69, 9.17) is 21.1 Å². The molecule has 0 atom stereocenters. The van der Waals surface area contributed by atoms with Crippen LogP contribution in [-0.2, 0) is 9.47 Å². The van der Waals surface area contributed by atoms with Gasteiger partial charge in [-0.1, -0.05) is 23.7 Å². The van der Waals surface area contributed by atoms with Crippen molar-refractivity contribution in [1.82, 2.24) is 0 Å². The van der Waals surface area contributed by atoms with E-state index in [1.165, 1.54) is 0 Å². The maximum Gasteiger partial charge on any atom is 0.0703 e. The number of hydrogen-bond acceptors (Lipinski definition) is 3. The van der Waals surface area contributed by atoms with Gasteiger partial charge < -0.3 is 14.8 Å². The summed E-state index contributed by atoms with van der Waals surface area (Å²) in [7, 11) is 0. The predicted octanol–water partition coefficient (Wildman–Crippen LogP) is 3.19. The third-order valence-corrected chi connectivity index (χ3v) is 2.44. The molecule has 0 bridgehead atoms. The summed E-state index contributed by atoms with van der Waals surface area (Å²) in [6.45, 7) is 6.68. The van der Waals surface area contributed by atoms with E-state index in [0.717, 1.165) is 17.3 Å². The molecule has 0 saturated carbocycles. The van der Waals surface area contributed by atoms with Crippen molar-refractivity contribution in [3.05, 3.63) is 29.3 Å². The average molecular weight is 258 g/mol. The highest BCUT2D eigenvalue weighted by atomic mass is 35.5. The van der Waals surface area contributed by atoms with Crippen LogP contribution < -0.4 is 5.32 Å². The normalized spacial score (nSPS) is 10.8. The lowest BCUT2D eigenvalue weighted by molar-refractivity contribution is 0.0222. The van der Waals surface area contributed by atoms with Crippen molar-refractivity contribution in [2.75, 3.05) is 31.7 Å². The zero-order chi connectivity index (χ0) is 12.5. The maximum atomic E-state index is 6.00. The second kappa shape index (κ2) is 8.34. The minimum absolute atomic E-state index is 0.264. The van der Waals surface area contributed by atoms with Crippen molar-refractivity contribution >= 4 is 17.3 Å². The van der Waals surface area contributed by atoms with E-state index in [1.54, 1.807) is 0 Å². The van der Waals surface area contributed by atoms with Gasteiger partial charge in [-0.2, -0.15) is 0 Å². The average Bonchev–Trinajstić information content (AvgIpc) is 2.30. The number of para-hydroxylation sites is 1. The van der Waals surface area contributed by atoms with Crippen LogP contribution in [0, 0.1) is 0 Å². The second-order valence-corrected chi connectivity index (χ2v) is 4.35. The van der Waals surface area contributed by atoms with E-state index in [1.807, 2.05) is 38.1 Å². The Morgan fingerprint density at radius 2 is 1.94 bits per heavy atom. The molecule has 96 valence electrons. The zero-order valence-corrected chi connectivity index (χ0v) is 11.2. The van der Waals surface area contributed by atoms with E-state index >= 15 is 0 Å².